The number of hydrogen-bond donors (Lipinski definition) is 1. The number of amides is 1. The molecule has 0 saturated heterocycles. The normalized spacial score (nSPS) is 10.8. The van der Waals surface area contributed by atoms with Gasteiger partial charge < -0.3 is 10.1 Å². The van der Waals surface area contributed by atoms with Gasteiger partial charge in [0.25, 0.3) is 5.91 Å². The Morgan fingerprint density at radius 1 is 1.10 bits per heavy atom. The van der Waals surface area contributed by atoms with Crippen LogP contribution in [0.3, 0.4) is 0 Å². The molecule has 4 aromatic rings. The summed E-state index contributed by atoms with van der Waals surface area (Å²) >= 11 is 9.46. The molecular formula is C21H16BrClFN5O2. The van der Waals surface area contributed by atoms with Crippen molar-refractivity contribution in [1.82, 2.24) is 19.6 Å². The van der Waals surface area contributed by atoms with Crippen LogP contribution in [0.4, 0.5) is 10.2 Å². The molecule has 0 aliphatic carbocycles. The molecule has 2 aromatic heterocycles. The van der Waals surface area contributed by atoms with E-state index in [0.717, 1.165) is 4.47 Å². The van der Waals surface area contributed by atoms with E-state index in [2.05, 4.69) is 31.4 Å². The number of hydrogen-bond acceptors (Lipinski definition) is 4. The first-order chi connectivity index (χ1) is 15.0. The third-order valence-electron chi connectivity index (χ3n) is 4.29. The van der Waals surface area contributed by atoms with Crippen LogP contribution in [0.25, 0.3) is 0 Å². The largest absolute Gasteiger partial charge is 0.470 e. The van der Waals surface area contributed by atoms with Crippen molar-refractivity contribution in [2.24, 2.45) is 0 Å². The van der Waals surface area contributed by atoms with Crippen molar-refractivity contribution < 1.29 is 13.9 Å². The van der Waals surface area contributed by atoms with Crippen LogP contribution in [0.1, 0.15) is 16.1 Å². The first-order valence-electron chi connectivity index (χ1n) is 9.17. The van der Waals surface area contributed by atoms with Crippen molar-refractivity contribution in [3.63, 3.8) is 0 Å². The summed E-state index contributed by atoms with van der Waals surface area (Å²) in [4.78, 5) is 12.5. The van der Waals surface area contributed by atoms with Crippen LogP contribution in [-0.2, 0) is 13.3 Å². The Bertz CT molecular complexity index is 1230. The highest BCUT2D eigenvalue weighted by Gasteiger charge is 2.12. The molecule has 1 amide bonds. The molecule has 0 atom stereocenters. The molecule has 0 fully saturated rings. The van der Waals surface area contributed by atoms with Crippen LogP contribution in [0.5, 0.6) is 5.75 Å². The van der Waals surface area contributed by atoms with E-state index in [0.29, 0.717) is 22.2 Å². The average molecular weight is 505 g/mol. The summed E-state index contributed by atoms with van der Waals surface area (Å²) in [7, 11) is 0. The SMILES string of the molecule is O=C(Nc1ccn(Cc2ccccc2F)n1)c1ccn(COc2ccc(Br)cc2Cl)n1. The van der Waals surface area contributed by atoms with Crippen LogP contribution >= 0.6 is 27.5 Å². The monoisotopic (exact) mass is 503 g/mol. The number of ether oxygens (including phenoxy) is 1. The van der Waals surface area contributed by atoms with E-state index in [1.165, 1.54) is 10.7 Å². The fraction of sp³-hybridized carbons (Fsp3) is 0.0952. The van der Waals surface area contributed by atoms with Gasteiger partial charge in [-0.3, -0.25) is 9.48 Å². The van der Waals surface area contributed by atoms with Gasteiger partial charge in [0.2, 0.25) is 0 Å². The molecule has 0 unspecified atom stereocenters. The van der Waals surface area contributed by atoms with Crippen molar-refractivity contribution in [2.75, 3.05) is 5.32 Å². The topological polar surface area (TPSA) is 74.0 Å². The van der Waals surface area contributed by atoms with Gasteiger partial charge in [0.1, 0.15) is 11.6 Å². The summed E-state index contributed by atoms with van der Waals surface area (Å²) in [6.07, 6.45) is 3.29. The molecule has 0 saturated carbocycles. The van der Waals surface area contributed by atoms with Gasteiger partial charge in [-0.2, -0.15) is 10.2 Å². The minimum atomic E-state index is -0.420. The van der Waals surface area contributed by atoms with Gasteiger partial charge in [0.15, 0.2) is 18.2 Å². The zero-order valence-electron chi connectivity index (χ0n) is 16.0. The smallest absolute Gasteiger partial charge is 0.277 e. The first-order valence-corrected chi connectivity index (χ1v) is 10.3. The number of benzene rings is 2. The highest BCUT2D eigenvalue weighted by atomic mass is 79.9. The number of aromatic nitrogens is 4. The van der Waals surface area contributed by atoms with Gasteiger partial charge in [-0.1, -0.05) is 45.7 Å². The van der Waals surface area contributed by atoms with Gasteiger partial charge in [0.05, 0.1) is 11.6 Å². The minimum Gasteiger partial charge on any atom is -0.470 e. The van der Waals surface area contributed by atoms with E-state index in [4.69, 9.17) is 16.3 Å². The lowest BCUT2D eigenvalue weighted by atomic mass is 10.2. The van der Waals surface area contributed by atoms with Gasteiger partial charge in [0, 0.05) is 28.5 Å². The van der Waals surface area contributed by atoms with Crippen molar-refractivity contribution in [3.05, 3.63) is 93.6 Å². The second-order valence-electron chi connectivity index (χ2n) is 6.53. The van der Waals surface area contributed by atoms with Gasteiger partial charge in [-0.25, -0.2) is 9.07 Å². The van der Waals surface area contributed by atoms with E-state index in [1.54, 1.807) is 59.5 Å². The van der Waals surface area contributed by atoms with Crippen LogP contribution < -0.4 is 10.1 Å². The van der Waals surface area contributed by atoms with E-state index >= 15 is 0 Å². The molecule has 10 heteroatoms. The molecule has 0 aliphatic heterocycles. The summed E-state index contributed by atoms with van der Waals surface area (Å²) in [6, 6.07) is 14.9. The third kappa shape index (κ3) is 5.31. The number of carbonyl (C=O) groups excluding carboxylic acids is 1. The molecule has 0 bridgehead atoms. The Morgan fingerprint density at radius 2 is 1.90 bits per heavy atom. The molecule has 2 heterocycles. The van der Waals surface area contributed by atoms with Crippen molar-refractivity contribution in [1.29, 1.82) is 0 Å². The van der Waals surface area contributed by atoms with Crippen LogP contribution in [-0.4, -0.2) is 25.5 Å². The molecule has 2 aromatic carbocycles. The number of carbonyl (C=O) groups is 1. The lowest BCUT2D eigenvalue weighted by molar-refractivity contribution is 0.101. The lowest BCUT2D eigenvalue weighted by Crippen LogP contribution is -2.15. The van der Waals surface area contributed by atoms with Crippen LogP contribution in [0.15, 0.2) is 71.5 Å². The Balaban J connectivity index is 1.35. The van der Waals surface area contributed by atoms with Crippen LogP contribution in [0.2, 0.25) is 5.02 Å². The van der Waals surface area contributed by atoms with Crippen molar-refractivity contribution >= 4 is 39.3 Å². The molecular weight excluding hydrogens is 489 g/mol. The minimum absolute atomic E-state index is 0.0892. The third-order valence-corrected chi connectivity index (χ3v) is 5.08. The molecule has 0 aliphatic rings. The quantitative estimate of drug-likeness (QED) is 0.386. The van der Waals surface area contributed by atoms with E-state index in [-0.39, 0.29) is 24.8 Å². The Hall–Kier alpha value is -3.17. The zero-order chi connectivity index (χ0) is 21.8. The van der Waals surface area contributed by atoms with E-state index < -0.39 is 5.91 Å². The predicted octanol–water partition coefficient (Wildman–Crippen LogP) is 4.97. The summed E-state index contributed by atoms with van der Waals surface area (Å²) in [5.41, 5.74) is 0.710. The molecule has 4 rings (SSSR count). The highest BCUT2D eigenvalue weighted by molar-refractivity contribution is 9.10. The maximum Gasteiger partial charge on any atom is 0.277 e. The molecule has 7 nitrogen and oxygen atoms in total. The maximum absolute atomic E-state index is 13.8. The number of nitrogens with one attached hydrogen (secondary N) is 1. The fourth-order valence-corrected chi connectivity index (χ4v) is 3.51. The fourth-order valence-electron chi connectivity index (χ4n) is 2.78. The second kappa shape index (κ2) is 9.32. The maximum atomic E-state index is 13.8. The summed E-state index contributed by atoms with van der Waals surface area (Å²) in [5.74, 6) is 0.123. The molecule has 1 N–H and O–H groups in total. The van der Waals surface area contributed by atoms with Gasteiger partial charge in [-0.05, 0) is 30.3 Å². The molecule has 31 heavy (non-hydrogen) atoms. The Kier molecular flexibility index (Phi) is 6.34. The number of halogens is 3. The van der Waals surface area contributed by atoms with Crippen molar-refractivity contribution in [2.45, 2.75) is 13.3 Å². The average Bonchev–Trinajstić information content (AvgIpc) is 3.39. The van der Waals surface area contributed by atoms with Gasteiger partial charge >= 0.3 is 0 Å². The van der Waals surface area contributed by atoms with Crippen molar-refractivity contribution in [3.8, 4) is 5.75 Å². The standard InChI is InChI=1S/C21H16BrClFN5O2/c22-15-5-6-19(16(23)11-15)31-13-29-9-7-18(26-29)21(30)25-20-8-10-28(27-20)12-14-3-1-2-4-17(14)24/h1-11H,12-13H2,(H,25,27,30). The number of rotatable bonds is 7. The summed E-state index contributed by atoms with van der Waals surface area (Å²) in [5, 5.41) is 11.6. The summed E-state index contributed by atoms with van der Waals surface area (Å²) in [6.45, 7) is 0.346. The van der Waals surface area contributed by atoms with Crippen LogP contribution in [0, 0.1) is 5.82 Å². The zero-order valence-corrected chi connectivity index (χ0v) is 18.3. The summed E-state index contributed by atoms with van der Waals surface area (Å²) < 4.78 is 23.3. The van der Waals surface area contributed by atoms with E-state index in [9.17, 15) is 9.18 Å². The predicted molar refractivity (Wildman–Crippen MR) is 118 cm³/mol. The lowest BCUT2D eigenvalue weighted by Gasteiger charge is -2.08. The van der Waals surface area contributed by atoms with E-state index in [1.807, 2.05) is 6.07 Å². The van der Waals surface area contributed by atoms with Gasteiger partial charge in [-0.15, -0.1) is 0 Å². The first kappa shape index (κ1) is 21.1. The number of nitrogens with zero attached hydrogens (tertiary/aromatic N) is 4. The molecule has 158 valence electrons. The highest BCUT2D eigenvalue weighted by Crippen LogP contribution is 2.27. The molecule has 0 radical (unpaired) electrons. The Labute approximate surface area is 190 Å². The molecule has 0 spiro atoms. The second-order valence-corrected chi connectivity index (χ2v) is 7.86. The Morgan fingerprint density at radius 3 is 2.71 bits per heavy atom. The number of anilines is 1.